The molecule has 33 heavy (non-hydrogen) atoms. The Morgan fingerprint density at radius 2 is 1.88 bits per heavy atom. The molecule has 2 aliphatic heterocycles. The molecular formula is C24H25N3O6. The van der Waals surface area contributed by atoms with E-state index in [0.29, 0.717) is 30.5 Å². The van der Waals surface area contributed by atoms with E-state index in [4.69, 9.17) is 9.94 Å². The number of hydrogen-bond acceptors (Lipinski definition) is 7. The number of hydrogen-bond donors (Lipinski definition) is 3. The van der Waals surface area contributed by atoms with Gasteiger partial charge in [-0.05, 0) is 48.6 Å². The zero-order chi connectivity index (χ0) is 23.5. The number of imide groups is 1. The van der Waals surface area contributed by atoms with E-state index >= 15 is 0 Å². The summed E-state index contributed by atoms with van der Waals surface area (Å²) < 4.78 is 4.95. The molecule has 2 aromatic rings. The van der Waals surface area contributed by atoms with Crippen molar-refractivity contribution >= 4 is 29.4 Å². The fraction of sp³-hybridized carbons (Fsp3) is 0.333. The number of carbonyl (C=O) groups excluding carboxylic acids is 4. The van der Waals surface area contributed by atoms with Gasteiger partial charge in [0.25, 0.3) is 11.8 Å². The summed E-state index contributed by atoms with van der Waals surface area (Å²) in [7, 11) is 1.25. The molecule has 4 rings (SSSR count). The topological polar surface area (TPSA) is 125 Å². The number of rotatable bonds is 8. The zero-order valence-electron chi connectivity index (χ0n) is 18.2. The fourth-order valence-electron chi connectivity index (χ4n) is 4.53. The highest BCUT2D eigenvalue weighted by atomic mass is 16.5. The highest BCUT2D eigenvalue weighted by Crippen LogP contribution is 2.37. The summed E-state index contributed by atoms with van der Waals surface area (Å²) in [6.07, 6.45) is 1.74. The molecule has 9 nitrogen and oxygen atoms in total. The summed E-state index contributed by atoms with van der Waals surface area (Å²) in [5.74, 6) is -2.12. The Bertz CT molecular complexity index is 1080. The summed E-state index contributed by atoms with van der Waals surface area (Å²) in [5, 5.41) is 11.9. The van der Waals surface area contributed by atoms with Gasteiger partial charge in [0.1, 0.15) is 6.04 Å². The number of benzene rings is 2. The van der Waals surface area contributed by atoms with Crippen LogP contribution in [0, 0.1) is 0 Å². The van der Waals surface area contributed by atoms with Gasteiger partial charge < -0.3 is 10.1 Å². The molecule has 0 aromatic heterocycles. The third-order valence-corrected chi connectivity index (χ3v) is 6.21. The number of anilines is 1. The number of methoxy groups -OCH3 is 1. The first-order valence-electron chi connectivity index (χ1n) is 10.8. The highest BCUT2D eigenvalue weighted by Gasteiger charge is 2.44. The van der Waals surface area contributed by atoms with Gasteiger partial charge in [-0.1, -0.05) is 24.3 Å². The van der Waals surface area contributed by atoms with Crippen molar-refractivity contribution in [2.24, 2.45) is 0 Å². The lowest BCUT2D eigenvalue weighted by Crippen LogP contribution is -2.46. The van der Waals surface area contributed by atoms with Gasteiger partial charge in [0.05, 0.1) is 18.2 Å². The van der Waals surface area contributed by atoms with Gasteiger partial charge in [0, 0.05) is 24.6 Å². The second-order valence-corrected chi connectivity index (χ2v) is 8.19. The molecule has 9 heteroatoms. The molecule has 2 aliphatic rings. The molecule has 0 aliphatic carbocycles. The molecule has 0 bridgehead atoms. The van der Waals surface area contributed by atoms with E-state index < -0.39 is 29.7 Å². The first kappa shape index (κ1) is 22.5. The van der Waals surface area contributed by atoms with E-state index in [-0.39, 0.29) is 18.8 Å². The number of ether oxygens (including phenoxy) is 1. The predicted molar refractivity (Wildman–Crippen MR) is 118 cm³/mol. The van der Waals surface area contributed by atoms with Crippen molar-refractivity contribution in [2.45, 2.75) is 37.6 Å². The number of aryl methyl sites for hydroxylation is 1. The number of nitrogens with zero attached hydrogens (tertiary/aromatic N) is 1. The van der Waals surface area contributed by atoms with Crippen LogP contribution in [0.1, 0.15) is 57.0 Å². The van der Waals surface area contributed by atoms with E-state index in [2.05, 4.69) is 5.32 Å². The minimum Gasteiger partial charge on any atom is -0.467 e. The predicted octanol–water partition coefficient (Wildman–Crippen LogP) is 2.25. The Hall–Kier alpha value is -3.72. The molecule has 0 fully saturated rings. The monoisotopic (exact) mass is 451 g/mol. The lowest BCUT2D eigenvalue weighted by atomic mass is 9.92. The van der Waals surface area contributed by atoms with Gasteiger partial charge in [-0.15, -0.1) is 0 Å². The number of nitrogens with one attached hydrogen (secondary N) is 2. The minimum atomic E-state index is -1.03. The Morgan fingerprint density at radius 1 is 1.18 bits per heavy atom. The summed E-state index contributed by atoms with van der Waals surface area (Å²) >= 11 is 0. The first-order valence-corrected chi connectivity index (χ1v) is 10.8. The maximum atomic E-state index is 12.9. The van der Waals surface area contributed by atoms with E-state index in [0.717, 1.165) is 21.7 Å². The second kappa shape index (κ2) is 9.41. The fourth-order valence-corrected chi connectivity index (χ4v) is 4.53. The normalized spacial score (nSPS) is 17.3. The maximum Gasteiger partial charge on any atom is 0.329 e. The number of amides is 3. The van der Waals surface area contributed by atoms with Gasteiger partial charge in [0.2, 0.25) is 5.91 Å². The van der Waals surface area contributed by atoms with E-state index in [9.17, 15) is 19.2 Å². The van der Waals surface area contributed by atoms with Gasteiger partial charge in [0.15, 0.2) is 0 Å². The van der Waals surface area contributed by atoms with Crippen LogP contribution in [0.4, 0.5) is 5.69 Å². The number of esters is 1. The van der Waals surface area contributed by atoms with Crippen LogP contribution in [0.5, 0.6) is 0 Å². The second-order valence-electron chi connectivity index (χ2n) is 8.19. The van der Waals surface area contributed by atoms with Crippen LogP contribution in [0.25, 0.3) is 0 Å². The van der Waals surface area contributed by atoms with Crippen LogP contribution in [-0.4, -0.2) is 53.5 Å². The highest BCUT2D eigenvalue weighted by molar-refractivity contribution is 6.22. The molecule has 172 valence electrons. The Morgan fingerprint density at radius 3 is 2.52 bits per heavy atom. The van der Waals surface area contributed by atoms with Crippen molar-refractivity contribution in [2.75, 3.05) is 19.0 Å². The molecule has 2 heterocycles. The molecule has 0 saturated heterocycles. The molecular weight excluding hydrogens is 426 g/mol. The van der Waals surface area contributed by atoms with Crippen molar-refractivity contribution < 1.29 is 29.1 Å². The van der Waals surface area contributed by atoms with Gasteiger partial charge in [-0.3, -0.25) is 24.5 Å². The average molecular weight is 451 g/mol. The number of fused-ring (bicyclic) bond motifs is 2. The van der Waals surface area contributed by atoms with Gasteiger partial charge in [-0.2, -0.15) is 0 Å². The van der Waals surface area contributed by atoms with Crippen LogP contribution >= 0.6 is 0 Å². The summed E-state index contributed by atoms with van der Waals surface area (Å²) in [6, 6.07) is 11.4. The molecule has 3 amide bonds. The molecule has 3 N–H and O–H groups in total. The Labute approximate surface area is 190 Å². The molecule has 2 aromatic carbocycles. The maximum absolute atomic E-state index is 12.9. The van der Waals surface area contributed by atoms with Crippen LogP contribution in [-0.2, 0) is 20.7 Å². The molecule has 0 radical (unpaired) electrons. The quantitative estimate of drug-likeness (QED) is 0.243. The van der Waals surface area contributed by atoms with E-state index in [1.165, 1.54) is 7.11 Å². The molecule has 0 saturated carbocycles. The van der Waals surface area contributed by atoms with Crippen LogP contribution in [0.3, 0.4) is 0 Å². The third kappa shape index (κ3) is 4.31. The smallest absolute Gasteiger partial charge is 0.329 e. The van der Waals surface area contributed by atoms with Crippen molar-refractivity contribution in [1.29, 1.82) is 0 Å². The zero-order valence-corrected chi connectivity index (χ0v) is 18.2. The summed E-state index contributed by atoms with van der Waals surface area (Å²) in [6.45, 7) is 0.558. The van der Waals surface area contributed by atoms with Gasteiger partial charge >= 0.3 is 5.97 Å². The van der Waals surface area contributed by atoms with Crippen LogP contribution < -0.4 is 10.8 Å². The third-order valence-electron chi connectivity index (χ3n) is 6.21. The standard InChI is InChI=1S/C24H25N3O6/c1-33-24(31)20(27-22(29)17-6-2-3-7-18(17)23(27)30)12-15-13-25-19-11-14(9-10-16(15)19)5-4-8-21(28)26-32/h2-3,6-7,9-11,15,20,25,32H,4-5,8,12-13H2,1H3,(H,26,28)/t15?,20-/m0/s1. The van der Waals surface area contributed by atoms with Crippen molar-refractivity contribution in [3.05, 3.63) is 64.7 Å². The SMILES string of the molecule is COC(=O)[C@H](CC1CNc2cc(CCCC(=O)NO)ccc21)N1C(=O)c2ccccc2C1=O. The summed E-state index contributed by atoms with van der Waals surface area (Å²) in [4.78, 5) is 50.7. The van der Waals surface area contributed by atoms with Gasteiger partial charge in [-0.25, -0.2) is 10.3 Å². The lowest BCUT2D eigenvalue weighted by molar-refractivity contribution is -0.145. The number of carbonyl (C=O) groups is 4. The van der Waals surface area contributed by atoms with Crippen molar-refractivity contribution in [3.8, 4) is 0 Å². The average Bonchev–Trinajstić information content (AvgIpc) is 3.35. The molecule has 0 spiro atoms. The van der Waals surface area contributed by atoms with E-state index in [1.54, 1.807) is 29.7 Å². The molecule has 1 unspecified atom stereocenters. The van der Waals surface area contributed by atoms with Crippen molar-refractivity contribution in [1.82, 2.24) is 10.4 Å². The number of hydroxylamine groups is 1. The summed E-state index contributed by atoms with van der Waals surface area (Å²) in [5.41, 5.74) is 5.17. The minimum absolute atomic E-state index is 0.0948. The van der Waals surface area contributed by atoms with Crippen LogP contribution in [0.2, 0.25) is 0 Å². The largest absolute Gasteiger partial charge is 0.467 e. The molecule has 2 atom stereocenters. The van der Waals surface area contributed by atoms with Crippen LogP contribution in [0.15, 0.2) is 42.5 Å². The first-order chi connectivity index (χ1) is 15.9. The van der Waals surface area contributed by atoms with Crippen molar-refractivity contribution in [3.63, 3.8) is 0 Å². The lowest BCUT2D eigenvalue weighted by Gasteiger charge is -2.26. The Kier molecular flexibility index (Phi) is 6.41. The Balaban J connectivity index is 1.51. The van der Waals surface area contributed by atoms with E-state index in [1.807, 2.05) is 18.2 Å².